The molecule has 0 atom stereocenters. The third-order valence-corrected chi connectivity index (χ3v) is 5.29. The van der Waals surface area contributed by atoms with Crippen LogP contribution in [-0.2, 0) is 13.5 Å². The molecule has 0 spiro atoms. The Morgan fingerprint density at radius 3 is 2.63 bits per heavy atom. The number of hydrogen-bond donors (Lipinski definition) is 0. The van der Waals surface area contributed by atoms with E-state index in [0.717, 1.165) is 34.7 Å². The zero-order valence-electron chi connectivity index (χ0n) is 16.2. The number of anilines is 1. The second kappa shape index (κ2) is 9.30. The van der Waals surface area contributed by atoms with E-state index < -0.39 is 0 Å². The van der Waals surface area contributed by atoms with Gasteiger partial charge >= 0.3 is 0 Å². The predicted molar refractivity (Wildman–Crippen MR) is 114 cm³/mol. The lowest BCUT2D eigenvalue weighted by Crippen LogP contribution is -2.33. The van der Waals surface area contributed by atoms with Gasteiger partial charge in [0.25, 0.3) is 5.91 Å². The first kappa shape index (κ1) is 21.3. The molecule has 0 aliphatic rings. The van der Waals surface area contributed by atoms with E-state index in [1.165, 1.54) is 5.56 Å². The van der Waals surface area contributed by atoms with Crippen LogP contribution < -0.4 is 4.90 Å². The standard InChI is InChI=1S/C19H25N5OS.ClH/c1-5-14-7-8-15-17(13-14)26-19(20-15)24(11-6-10-22(2)3)18(25)16-9-12-23(4)21-16;/h7-9,12-13H,5-6,10-11H2,1-4H3;1H. The quantitative estimate of drug-likeness (QED) is 0.600. The van der Waals surface area contributed by atoms with Crippen molar-refractivity contribution in [1.29, 1.82) is 0 Å². The van der Waals surface area contributed by atoms with E-state index in [2.05, 4.69) is 29.1 Å². The van der Waals surface area contributed by atoms with E-state index >= 15 is 0 Å². The highest BCUT2D eigenvalue weighted by atomic mass is 35.5. The van der Waals surface area contributed by atoms with E-state index in [0.29, 0.717) is 12.2 Å². The van der Waals surface area contributed by atoms with Gasteiger partial charge in [-0.15, -0.1) is 12.4 Å². The Morgan fingerprint density at radius 2 is 2.00 bits per heavy atom. The van der Waals surface area contributed by atoms with Crippen LogP contribution in [-0.4, -0.2) is 52.8 Å². The number of thiazole rings is 1. The van der Waals surface area contributed by atoms with Crippen LogP contribution in [0.2, 0.25) is 0 Å². The average molecular weight is 408 g/mol. The molecule has 27 heavy (non-hydrogen) atoms. The molecule has 0 fully saturated rings. The lowest BCUT2D eigenvalue weighted by Gasteiger charge is -2.20. The molecular formula is C19H26ClN5OS. The molecule has 3 rings (SSSR count). The van der Waals surface area contributed by atoms with Gasteiger partial charge in [-0.2, -0.15) is 5.10 Å². The third-order valence-electron chi connectivity index (χ3n) is 4.25. The number of rotatable bonds is 7. The maximum atomic E-state index is 13.0. The number of aryl methyl sites for hydroxylation is 2. The number of hydrogen-bond acceptors (Lipinski definition) is 5. The second-order valence-electron chi connectivity index (χ2n) is 6.64. The molecule has 6 nitrogen and oxygen atoms in total. The molecule has 0 aliphatic carbocycles. The summed E-state index contributed by atoms with van der Waals surface area (Å²) in [4.78, 5) is 21.6. The minimum atomic E-state index is -0.0980. The normalized spacial score (nSPS) is 11.0. The van der Waals surface area contributed by atoms with Crippen LogP contribution in [0.4, 0.5) is 5.13 Å². The molecule has 1 amide bonds. The van der Waals surface area contributed by atoms with Crippen molar-refractivity contribution < 1.29 is 4.79 Å². The number of carbonyl (C=O) groups excluding carboxylic acids is 1. The van der Waals surface area contributed by atoms with Gasteiger partial charge in [-0.25, -0.2) is 4.98 Å². The topological polar surface area (TPSA) is 54.3 Å². The highest BCUT2D eigenvalue weighted by molar-refractivity contribution is 7.22. The molecule has 0 N–H and O–H groups in total. The number of carbonyl (C=O) groups is 1. The summed E-state index contributed by atoms with van der Waals surface area (Å²) in [5.74, 6) is -0.0980. The zero-order chi connectivity index (χ0) is 18.7. The van der Waals surface area contributed by atoms with E-state index in [9.17, 15) is 4.79 Å². The second-order valence-corrected chi connectivity index (χ2v) is 7.65. The number of nitrogens with zero attached hydrogens (tertiary/aromatic N) is 5. The molecule has 0 aliphatic heterocycles. The number of benzene rings is 1. The van der Waals surface area contributed by atoms with Gasteiger partial charge in [-0.3, -0.25) is 14.4 Å². The van der Waals surface area contributed by atoms with Crippen LogP contribution in [0.1, 0.15) is 29.4 Å². The Kier molecular flexibility index (Phi) is 7.35. The van der Waals surface area contributed by atoms with Gasteiger partial charge in [-0.1, -0.05) is 24.3 Å². The van der Waals surface area contributed by atoms with Crippen LogP contribution in [0.15, 0.2) is 30.5 Å². The van der Waals surface area contributed by atoms with Gasteiger partial charge in [0.15, 0.2) is 10.8 Å². The Bertz CT molecular complexity index is 905. The summed E-state index contributed by atoms with van der Waals surface area (Å²) in [5.41, 5.74) is 2.67. The van der Waals surface area contributed by atoms with Gasteiger partial charge < -0.3 is 4.90 Å². The Morgan fingerprint density at radius 1 is 1.22 bits per heavy atom. The monoisotopic (exact) mass is 407 g/mol. The zero-order valence-corrected chi connectivity index (χ0v) is 17.8. The summed E-state index contributed by atoms with van der Waals surface area (Å²) >= 11 is 1.57. The molecule has 0 unspecified atom stereocenters. The Labute approximate surface area is 170 Å². The Hall–Kier alpha value is -1.96. The van der Waals surface area contributed by atoms with Crippen molar-refractivity contribution in [3.05, 3.63) is 41.7 Å². The van der Waals surface area contributed by atoms with Crippen molar-refractivity contribution in [3.63, 3.8) is 0 Å². The molecular weight excluding hydrogens is 382 g/mol. The van der Waals surface area contributed by atoms with Crippen molar-refractivity contribution in [1.82, 2.24) is 19.7 Å². The van der Waals surface area contributed by atoms with Crippen LogP contribution >= 0.6 is 23.7 Å². The fourth-order valence-corrected chi connectivity index (χ4v) is 3.84. The molecule has 3 aromatic rings. The highest BCUT2D eigenvalue weighted by Crippen LogP contribution is 2.30. The molecule has 0 bridgehead atoms. The highest BCUT2D eigenvalue weighted by Gasteiger charge is 2.23. The first-order valence-electron chi connectivity index (χ1n) is 8.83. The van der Waals surface area contributed by atoms with E-state index in [-0.39, 0.29) is 18.3 Å². The summed E-state index contributed by atoms with van der Waals surface area (Å²) < 4.78 is 2.77. The fraction of sp³-hybridized carbons (Fsp3) is 0.421. The van der Waals surface area contributed by atoms with Crippen LogP contribution in [0.5, 0.6) is 0 Å². The summed E-state index contributed by atoms with van der Waals surface area (Å²) in [7, 11) is 5.89. The van der Waals surface area contributed by atoms with Gasteiger partial charge in [-0.05, 0) is 57.2 Å². The summed E-state index contributed by atoms with van der Waals surface area (Å²) in [6.07, 6.45) is 3.65. The van der Waals surface area contributed by atoms with Gasteiger partial charge in [0, 0.05) is 19.8 Å². The maximum absolute atomic E-state index is 13.0. The largest absolute Gasteiger partial charge is 0.309 e. The van der Waals surface area contributed by atoms with Gasteiger partial charge in [0.1, 0.15) is 0 Å². The van der Waals surface area contributed by atoms with Crippen molar-refractivity contribution in [2.75, 3.05) is 32.1 Å². The number of halogens is 1. The number of aromatic nitrogens is 3. The lowest BCUT2D eigenvalue weighted by atomic mass is 10.2. The molecule has 8 heteroatoms. The smallest absolute Gasteiger partial charge is 0.280 e. The van der Waals surface area contributed by atoms with Crippen LogP contribution in [0.25, 0.3) is 10.2 Å². The third kappa shape index (κ3) is 5.06. The minimum Gasteiger partial charge on any atom is -0.309 e. The Balaban J connectivity index is 0.00000261. The number of fused-ring (bicyclic) bond motifs is 1. The summed E-state index contributed by atoms with van der Waals surface area (Å²) in [6, 6.07) is 8.06. The van der Waals surface area contributed by atoms with Crippen LogP contribution in [0.3, 0.4) is 0 Å². The number of amides is 1. The molecule has 2 aromatic heterocycles. The predicted octanol–water partition coefficient (Wildman–Crippen LogP) is 3.61. The molecule has 0 saturated heterocycles. The molecule has 0 saturated carbocycles. The van der Waals surface area contributed by atoms with Gasteiger partial charge in [0.05, 0.1) is 10.2 Å². The van der Waals surface area contributed by atoms with E-state index in [1.54, 1.807) is 33.2 Å². The van der Waals surface area contributed by atoms with E-state index in [4.69, 9.17) is 4.98 Å². The lowest BCUT2D eigenvalue weighted by molar-refractivity contribution is 0.0980. The molecule has 2 heterocycles. The molecule has 0 radical (unpaired) electrons. The molecule has 146 valence electrons. The van der Waals surface area contributed by atoms with Crippen molar-refractivity contribution in [2.45, 2.75) is 19.8 Å². The summed E-state index contributed by atoms with van der Waals surface area (Å²) in [5, 5.41) is 5.01. The van der Waals surface area contributed by atoms with Gasteiger partial charge in [0.2, 0.25) is 0 Å². The van der Waals surface area contributed by atoms with Crippen LogP contribution in [0, 0.1) is 0 Å². The first-order valence-corrected chi connectivity index (χ1v) is 9.65. The van der Waals surface area contributed by atoms with E-state index in [1.807, 2.05) is 27.2 Å². The van der Waals surface area contributed by atoms with Crippen molar-refractivity contribution in [2.24, 2.45) is 7.05 Å². The average Bonchev–Trinajstić information content (AvgIpc) is 3.23. The maximum Gasteiger partial charge on any atom is 0.280 e. The first-order chi connectivity index (χ1) is 12.5. The summed E-state index contributed by atoms with van der Waals surface area (Å²) in [6.45, 7) is 3.67. The molecule has 1 aromatic carbocycles. The van der Waals surface area contributed by atoms with Crippen molar-refractivity contribution in [3.8, 4) is 0 Å². The SMILES string of the molecule is CCc1ccc2nc(N(CCCN(C)C)C(=O)c3ccn(C)n3)sc2c1.Cl. The fourth-order valence-electron chi connectivity index (χ4n) is 2.79. The minimum absolute atomic E-state index is 0. The van der Waals surface area contributed by atoms with Crippen molar-refractivity contribution >= 4 is 45.0 Å².